The number of esters is 3. The van der Waals surface area contributed by atoms with Gasteiger partial charge in [0.05, 0.1) is 26.6 Å². The summed E-state index contributed by atoms with van der Waals surface area (Å²) in [6.07, 6.45) is 1.95. The Morgan fingerprint density at radius 3 is 2.28 bits per heavy atom. The lowest BCUT2D eigenvalue weighted by molar-refractivity contribution is -0.144. The third kappa shape index (κ3) is 7.30. The van der Waals surface area contributed by atoms with E-state index in [4.69, 9.17) is 14.2 Å². The van der Waals surface area contributed by atoms with Crippen LogP contribution in [0.3, 0.4) is 0 Å². The summed E-state index contributed by atoms with van der Waals surface area (Å²) in [6.45, 7) is -0.325. The van der Waals surface area contributed by atoms with Crippen molar-refractivity contribution in [1.82, 2.24) is 0 Å². The predicted octanol–water partition coefficient (Wildman–Crippen LogP) is 1.08. The van der Waals surface area contributed by atoms with Gasteiger partial charge in [-0.15, -0.1) is 0 Å². The van der Waals surface area contributed by atoms with Crippen LogP contribution in [0.1, 0.15) is 6.42 Å². The molecule has 0 aliphatic heterocycles. The summed E-state index contributed by atoms with van der Waals surface area (Å²) < 4.78 is 19.3. The maximum Gasteiger partial charge on any atom is 0.331 e. The predicted molar refractivity (Wildman–Crippen MR) is 84.9 cm³/mol. The van der Waals surface area contributed by atoms with Crippen LogP contribution in [0.15, 0.2) is 36.4 Å². The SMILES string of the molecule is COC(=O)/C=C\C(=O)OCC(C=O)CC(=O)Oc1ccccc1OC. The molecule has 0 saturated heterocycles. The molecule has 0 aliphatic carbocycles. The molecule has 1 unspecified atom stereocenters. The topological polar surface area (TPSA) is 105 Å². The second-order valence-corrected chi connectivity index (χ2v) is 4.71. The first-order chi connectivity index (χ1) is 12.0. The van der Waals surface area contributed by atoms with Crippen molar-refractivity contribution in [1.29, 1.82) is 0 Å². The molecule has 25 heavy (non-hydrogen) atoms. The van der Waals surface area contributed by atoms with Gasteiger partial charge in [-0.2, -0.15) is 0 Å². The lowest BCUT2D eigenvalue weighted by Gasteiger charge is -2.11. The number of ether oxygens (including phenoxy) is 4. The first-order valence-corrected chi connectivity index (χ1v) is 7.22. The fraction of sp³-hybridized carbons (Fsp3) is 0.294. The first kappa shape index (κ1) is 19.9. The van der Waals surface area contributed by atoms with E-state index in [0.717, 1.165) is 19.3 Å². The van der Waals surface area contributed by atoms with Crippen LogP contribution in [0, 0.1) is 5.92 Å². The van der Waals surface area contributed by atoms with E-state index < -0.39 is 23.8 Å². The highest BCUT2D eigenvalue weighted by Crippen LogP contribution is 2.26. The quantitative estimate of drug-likeness (QED) is 0.282. The third-order valence-electron chi connectivity index (χ3n) is 2.91. The van der Waals surface area contributed by atoms with Gasteiger partial charge in [0.15, 0.2) is 11.5 Å². The van der Waals surface area contributed by atoms with Crippen molar-refractivity contribution in [2.45, 2.75) is 6.42 Å². The lowest BCUT2D eigenvalue weighted by Crippen LogP contribution is -2.21. The van der Waals surface area contributed by atoms with Gasteiger partial charge in [0.25, 0.3) is 0 Å². The third-order valence-corrected chi connectivity index (χ3v) is 2.91. The van der Waals surface area contributed by atoms with E-state index in [1.54, 1.807) is 24.3 Å². The summed E-state index contributed by atoms with van der Waals surface area (Å²) in [5, 5.41) is 0. The minimum absolute atomic E-state index is 0.220. The standard InChI is InChI=1S/C17H18O8/c1-22-13-5-3-4-6-14(13)25-17(21)9-12(10-18)11-24-16(20)8-7-15(19)23-2/h3-8,10,12H,9,11H2,1-2H3/b8-7-. The molecule has 0 aromatic heterocycles. The van der Waals surface area contributed by atoms with Gasteiger partial charge in [-0.05, 0) is 12.1 Å². The van der Waals surface area contributed by atoms with Crippen molar-refractivity contribution in [3.05, 3.63) is 36.4 Å². The Labute approximate surface area is 144 Å². The van der Waals surface area contributed by atoms with Crippen LogP contribution in [0.4, 0.5) is 0 Å². The summed E-state index contributed by atoms with van der Waals surface area (Å²) in [6, 6.07) is 6.54. The number of hydrogen-bond acceptors (Lipinski definition) is 8. The largest absolute Gasteiger partial charge is 0.493 e. The maximum atomic E-state index is 11.9. The number of benzene rings is 1. The molecule has 0 saturated carbocycles. The van der Waals surface area contributed by atoms with Crippen LogP contribution in [0.5, 0.6) is 11.5 Å². The number of methoxy groups -OCH3 is 2. The highest BCUT2D eigenvalue weighted by Gasteiger charge is 2.18. The summed E-state index contributed by atoms with van der Waals surface area (Å²) in [5.74, 6) is -2.52. The van der Waals surface area contributed by atoms with E-state index in [1.165, 1.54) is 7.11 Å². The number of hydrogen-bond donors (Lipinski definition) is 0. The van der Waals surface area contributed by atoms with Crippen molar-refractivity contribution in [3.63, 3.8) is 0 Å². The molecule has 0 N–H and O–H groups in total. The number of rotatable bonds is 9. The van der Waals surface area contributed by atoms with Crippen molar-refractivity contribution in [2.24, 2.45) is 5.92 Å². The number of aldehydes is 1. The normalized spacial score (nSPS) is 11.4. The second kappa shape index (κ2) is 10.6. The highest BCUT2D eigenvalue weighted by atomic mass is 16.6. The lowest BCUT2D eigenvalue weighted by atomic mass is 10.1. The minimum Gasteiger partial charge on any atom is -0.493 e. The molecular weight excluding hydrogens is 332 g/mol. The Bertz CT molecular complexity index is 650. The van der Waals surface area contributed by atoms with Gasteiger partial charge in [0, 0.05) is 12.2 Å². The zero-order valence-electron chi connectivity index (χ0n) is 13.8. The molecule has 0 fully saturated rings. The molecule has 8 nitrogen and oxygen atoms in total. The molecule has 0 heterocycles. The van der Waals surface area contributed by atoms with Crippen LogP contribution in [-0.2, 0) is 28.7 Å². The Kier molecular flexibility index (Phi) is 8.42. The smallest absolute Gasteiger partial charge is 0.331 e. The molecule has 134 valence electrons. The van der Waals surface area contributed by atoms with Crippen molar-refractivity contribution >= 4 is 24.2 Å². The van der Waals surface area contributed by atoms with Crippen molar-refractivity contribution < 1.29 is 38.1 Å². The van der Waals surface area contributed by atoms with Crippen molar-refractivity contribution in [2.75, 3.05) is 20.8 Å². The molecular formula is C17H18O8. The molecule has 8 heteroatoms. The van der Waals surface area contributed by atoms with Crippen LogP contribution >= 0.6 is 0 Å². The Hall–Kier alpha value is -3.16. The Morgan fingerprint density at radius 1 is 1.04 bits per heavy atom. The average molecular weight is 350 g/mol. The van der Waals surface area contributed by atoms with E-state index in [2.05, 4.69) is 4.74 Å². The van der Waals surface area contributed by atoms with Gasteiger partial charge < -0.3 is 23.7 Å². The average Bonchev–Trinajstić information content (AvgIpc) is 2.63. The molecule has 0 aliphatic rings. The van der Waals surface area contributed by atoms with Crippen molar-refractivity contribution in [3.8, 4) is 11.5 Å². The molecule has 0 bridgehead atoms. The van der Waals surface area contributed by atoms with Gasteiger partial charge in [0.1, 0.15) is 12.9 Å². The maximum absolute atomic E-state index is 11.9. The monoisotopic (exact) mass is 350 g/mol. The molecule has 1 rings (SSSR count). The molecule has 1 atom stereocenters. The number of carbonyl (C=O) groups excluding carboxylic acids is 4. The van der Waals surface area contributed by atoms with Gasteiger partial charge in [-0.3, -0.25) is 4.79 Å². The second-order valence-electron chi connectivity index (χ2n) is 4.71. The van der Waals surface area contributed by atoms with Crippen LogP contribution in [0.2, 0.25) is 0 Å². The summed E-state index contributed by atoms with van der Waals surface area (Å²) in [7, 11) is 2.59. The van der Waals surface area contributed by atoms with Crippen LogP contribution in [-0.4, -0.2) is 45.0 Å². The number of para-hydroxylation sites is 2. The van der Waals surface area contributed by atoms with Crippen LogP contribution in [0.25, 0.3) is 0 Å². The highest BCUT2D eigenvalue weighted by molar-refractivity contribution is 5.91. The zero-order valence-corrected chi connectivity index (χ0v) is 13.8. The van der Waals surface area contributed by atoms with E-state index in [9.17, 15) is 19.2 Å². The van der Waals surface area contributed by atoms with Gasteiger partial charge in [-0.25, -0.2) is 9.59 Å². The molecule has 0 spiro atoms. The summed E-state index contributed by atoms with van der Waals surface area (Å²) in [5.41, 5.74) is 0. The van der Waals surface area contributed by atoms with E-state index in [0.29, 0.717) is 12.0 Å². The van der Waals surface area contributed by atoms with Gasteiger partial charge >= 0.3 is 17.9 Å². The summed E-state index contributed by atoms with van der Waals surface area (Å²) >= 11 is 0. The Balaban J connectivity index is 2.51. The van der Waals surface area contributed by atoms with E-state index in [1.807, 2.05) is 0 Å². The summed E-state index contributed by atoms with van der Waals surface area (Å²) in [4.78, 5) is 45.1. The zero-order chi connectivity index (χ0) is 18.7. The van der Waals surface area contributed by atoms with Gasteiger partial charge in [0.2, 0.25) is 0 Å². The molecule has 1 aromatic rings. The first-order valence-electron chi connectivity index (χ1n) is 7.22. The molecule has 0 radical (unpaired) electrons. The van der Waals surface area contributed by atoms with Gasteiger partial charge in [-0.1, -0.05) is 12.1 Å². The molecule has 1 aromatic carbocycles. The van der Waals surface area contributed by atoms with E-state index in [-0.39, 0.29) is 18.8 Å². The molecule has 0 amide bonds. The van der Waals surface area contributed by atoms with E-state index >= 15 is 0 Å². The minimum atomic E-state index is -0.877. The fourth-order valence-corrected chi connectivity index (χ4v) is 1.67. The Morgan fingerprint density at radius 2 is 1.68 bits per heavy atom. The fourth-order valence-electron chi connectivity index (χ4n) is 1.67. The number of carbonyl (C=O) groups is 4. The van der Waals surface area contributed by atoms with Crippen LogP contribution < -0.4 is 9.47 Å².